The van der Waals surface area contributed by atoms with Crippen molar-refractivity contribution >= 4 is 16.0 Å². The molecule has 0 radical (unpaired) electrons. The van der Waals surface area contributed by atoms with E-state index < -0.39 is 14.2 Å². The van der Waals surface area contributed by atoms with E-state index in [0.29, 0.717) is 5.69 Å². The summed E-state index contributed by atoms with van der Waals surface area (Å²) in [6.07, 6.45) is 0. The summed E-state index contributed by atoms with van der Waals surface area (Å²) in [6.45, 7) is 0. The van der Waals surface area contributed by atoms with Gasteiger partial charge in [0.2, 0.25) is 0 Å². The van der Waals surface area contributed by atoms with Crippen LogP contribution in [0.2, 0.25) is 0 Å². The molecule has 0 fully saturated rings. The Balaban J connectivity index is 3.24. The van der Waals surface area contributed by atoms with Gasteiger partial charge in [0.1, 0.15) is 5.69 Å². The second kappa shape index (κ2) is 3.10. The topological polar surface area (TPSA) is 54.4 Å². The van der Waals surface area contributed by atoms with Gasteiger partial charge < -0.3 is 0 Å². The first-order valence-electron chi connectivity index (χ1n) is 3.73. The van der Waals surface area contributed by atoms with Crippen molar-refractivity contribution in [1.82, 2.24) is 3.89 Å². The molecule has 72 valence electrons. The standard InChI is InChI=1S/C8H11NO3S/c1-9(2,13(10,11)12)8-6-4-3-5-7-8/h3-7H,1-2H3/p+1. The second-order valence-electron chi connectivity index (χ2n) is 3.13. The maximum absolute atomic E-state index is 11.0. The lowest BCUT2D eigenvalue weighted by atomic mass is 10.3. The minimum atomic E-state index is -4.12. The quantitative estimate of drug-likeness (QED) is 0.576. The molecule has 0 saturated heterocycles. The van der Waals surface area contributed by atoms with Crippen LogP contribution < -0.4 is 3.89 Å². The highest BCUT2D eigenvalue weighted by Gasteiger charge is 2.33. The van der Waals surface area contributed by atoms with Gasteiger partial charge in [-0.3, -0.25) is 0 Å². The highest BCUT2D eigenvalue weighted by atomic mass is 32.2. The first kappa shape index (κ1) is 10.2. The average molecular weight is 202 g/mol. The van der Waals surface area contributed by atoms with Gasteiger partial charge in [0, 0.05) is 12.1 Å². The number of hydrogen-bond donors (Lipinski definition) is 1. The third kappa shape index (κ3) is 1.88. The van der Waals surface area contributed by atoms with Crippen molar-refractivity contribution in [3.8, 4) is 0 Å². The van der Waals surface area contributed by atoms with Gasteiger partial charge in [-0.15, -0.1) is 8.42 Å². The highest BCUT2D eigenvalue weighted by Crippen LogP contribution is 2.20. The lowest BCUT2D eigenvalue weighted by Crippen LogP contribution is -2.45. The Morgan fingerprint density at radius 2 is 1.62 bits per heavy atom. The maximum Gasteiger partial charge on any atom is 0.437 e. The fourth-order valence-corrected chi connectivity index (χ4v) is 1.31. The van der Waals surface area contributed by atoms with E-state index in [0.717, 1.165) is 0 Å². The summed E-state index contributed by atoms with van der Waals surface area (Å²) in [5, 5.41) is 0. The molecule has 0 aliphatic heterocycles. The smallest absolute Gasteiger partial charge is 0.241 e. The average Bonchev–Trinajstić information content (AvgIpc) is 2.04. The molecule has 0 atom stereocenters. The highest BCUT2D eigenvalue weighted by molar-refractivity contribution is 7.85. The summed E-state index contributed by atoms with van der Waals surface area (Å²) in [7, 11) is -1.30. The SMILES string of the molecule is C[N+](C)(c1ccccc1)S(=O)(=O)O. The number of benzene rings is 1. The summed E-state index contributed by atoms with van der Waals surface area (Å²) in [4.78, 5) is 0. The van der Waals surface area contributed by atoms with Crippen LogP contribution in [0.1, 0.15) is 0 Å². The fraction of sp³-hybridized carbons (Fsp3) is 0.250. The van der Waals surface area contributed by atoms with Crippen molar-refractivity contribution in [2.24, 2.45) is 0 Å². The Kier molecular flexibility index (Phi) is 2.42. The van der Waals surface area contributed by atoms with E-state index in [4.69, 9.17) is 4.55 Å². The Labute approximate surface area is 77.9 Å². The summed E-state index contributed by atoms with van der Waals surface area (Å²) < 4.78 is 30.3. The van der Waals surface area contributed by atoms with Crippen LogP contribution in [-0.4, -0.2) is 27.1 Å². The van der Waals surface area contributed by atoms with Crippen LogP contribution in [0.3, 0.4) is 0 Å². The summed E-state index contributed by atoms with van der Waals surface area (Å²) in [5.74, 6) is 0. The molecule has 0 unspecified atom stereocenters. The molecular formula is C8H12NO3S+. The van der Waals surface area contributed by atoms with Gasteiger partial charge in [-0.1, -0.05) is 18.2 Å². The molecule has 0 amide bonds. The molecule has 1 rings (SSSR count). The molecule has 1 aromatic rings. The van der Waals surface area contributed by atoms with E-state index in [9.17, 15) is 8.42 Å². The molecule has 4 nitrogen and oxygen atoms in total. The number of hydrogen-bond acceptors (Lipinski definition) is 2. The van der Waals surface area contributed by atoms with Crippen molar-refractivity contribution in [3.05, 3.63) is 30.3 Å². The van der Waals surface area contributed by atoms with Gasteiger partial charge in [-0.2, -0.15) is 3.89 Å². The largest absolute Gasteiger partial charge is 0.437 e. The third-order valence-corrected chi connectivity index (χ3v) is 3.32. The van der Waals surface area contributed by atoms with Crippen LogP contribution in [0, 0.1) is 0 Å². The molecule has 0 aliphatic carbocycles. The van der Waals surface area contributed by atoms with Gasteiger partial charge in [-0.25, -0.2) is 4.55 Å². The Bertz CT molecular complexity index is 383. The zero-order valence-corrected chi connectivity index (χ0v) is 8.32. The fourth-order valence-electron chi connectivity index (χ4n) is 0.920. The van der Waals surface area contributed by atoms with E-state index in [1.165, 1.54) is 14.1 Å². The van der Waals surface area contributed by atoms with E-state index in [1.54, 1.807) is 30.3 Å². The number of para-hydroxylation sites is 1. The van der Waals surface area contributed by atoms with E-state index in [-0.39, 0.29) is 0 Å². The first-order valence-corrected chi connectivity index (χ1v) is 5.12. The predicted molar refractivity (Wildman–Crippen MR) is 51.6 cm³/mol. The van der Waals surface area contributed by atoms with Gasteiger partial charge in [-0.05, 0) is 0 Å². The Hall–Kier alpha value is -0.910. The number of rotatable bonds is 2. The second-order valence-corrected chi connectivity index (χ2v) is 4.94. The van der Waals surface area contributed by atoms with Crippen LogP contribution in [0.4, 0.5) is 5.69 Å². The lowest BCUT2D eigenvalue weighted by molar-refractivity contribution is 0.412. The van der Waals surface area contributed by atoms with E-state index in [2.05, 4.69) is 0 Å². The molecule has 0 aliphatic rings. The molecule has 0 spiro atoms. The lowest BCUT2D eigenvalue weighted by Gasteiger charge is -2.23. The summed E-state index contributed by atoms with van der Waals surface area (Å²) >= 11 is 0. The summed E-state index contributed by atoms with van der Waals surface area (Å²) in [5.41, 5.74) is 0.519. The molecule has 0 aromatic heterocycles. The Morgan fingerprint density at radius 1 is 1.15 bits per heavy atom. The predicted octanol–water partition coefficient (Wildman–Crippen LogP) is 1.06. The van der Waals surface area contributed by atoms with Crippen molar-refractivity contribution in [3.63, 3.8) is 0 Å². The maximum atomic E-state index is 11.0. The molecule has 1 aromatic carbocycles. The zero-order valence-electron chi connectivity index (χ0n) is 7.51. The number of nitrogens with zero attached hydrogens (tertiary/aromatic N) is 1. The van der Waals surface area contributed by atoms with E-state index >= 15 is 0 Å². The molecule has 1 N–H and O–H groups in total. The van der Waals surface area contributed by atoms with Crippen molar-refractivity contribution in [2.75, 3.05) is 14.1 Å². The normalized spacial score (nSPS) is 12.8. The third-order valence-electron chi connectivity index (χ3n) is 1.95. The molecule has 0 saturated carbocycles. The van der Waals surface area contributed by atoms with Crippen LogP contribution in [0.25, 0.3) is 0 Å². The van der Waals surface area contributed by atoms with Crippen LogP contribution in [-0.2, 0) is 10.3 Å². The monoisotopic (exact) mass is 202 g/mol. The van der Waals surface area contributed by atoms with Crippen molar-refractivity contribution in [1.29, 1.82) is 0 Å². The Morgan fingerprint density at radius 3 is 2.00 bits per heavy atom. The molecule has 0 bridgehead atoms. The van der Waals surface area contributed by atoms with Crippen molar-refractivity contribution < 1.29 is 13.0 Å². The number of quaternary nitrogens is 1. The minimum Gasteiger partial charge on any atom is -0.241 e. The zero-order chi connectivity index (χ0) is 10.1. The van der Waals surface area contributed by atoms with Gasteiger partial charge >= 0.3 is 10.3 Å². The van der Waals surface area contributed by atoms with E-state index in [1.807, 2.05) is 0 Å². The van der Waals surface area contributed by atoms with Gasteiger partial charge in [0.05, 0.1) is 14.1 Å². The van der Waals surface area contributed by atoms with Crippen LogP contribution in [0.5, 0.6) is 0 Å². The molecule has 13 heavy (non-hydrogen) atoms. The van der Waals surface area contributed by atoms with Crippen molar-refractivity contribution in [2.45, 2.75) is 0 Å². The summed E-state index contributed by atoms with van der Waals surface area (Å²) in [6, 6.07) is 8.52. The van der Waals surface area contributed by atoms with Gasteiger partial charge in [0.25, 0.3) is 0 Å². The molecule has 5 heteroatoms. The molecule has 0 heterocycles. The molecular weight excluding hydrogens is 190 g/mol. The van der Waals surface area contributed by atoms with Crippen LogP contribution in [0.15, 0.2) is 30.3 Å². The van der Waals surface area contributed by atoms with Gasteiger partial charge in [0.15, 0.2) is 0 Å². The minimum absolute atomic E-state index is 0.519. The van der Waals surface area contributed by atoms with Crippen LogP contribution >= 0.6 is 0 Å². The first-order chi connectivity index (χ1) is 5.86.